The average Bonchev–Trinajstić information content (AvgIpc) is 2.46. The zero-order valence-electron chi connectivity index (χ0n) is 12.7. The number of carbonyl (C=O) groups is 2. The van der Waals surface area contributed by atoms with E-state index in [9.17, 15) is 14.0 Å². The van der Waals surface area contributed by atoms with Crippen molar-refractivity contribution in [1.29, 1.82) is 0 Å². The molecule has 0 spiro atoms. The fourth-order valence-electron chi connectivity index (χ4n) is 2.73. The quantitative estimate of drug-likeness (QED) is 0.837. The Hall–Kier alpha value is -1.91. The minimum absolute atomic E-state index is 0.00151. The van der Waals surface area contributed by atoms with Gasteiger partial charge in [-0.2, -0.15) is 0 Å². The van der Waals surface area contributed by atoms with E-state index in [2.05, 4.69) is 0 Å². The number of hydrogen-bond acceptors (Lipinski definition) is 2. The van der Waals surface area contributed by atoms with Gasteiger partial charge in [0, 0.05) is 38.7 Å². The predicted molar refractivity (Wildman–Crippen MR) is 78.5 cm³/mol. The number of carbonyl (C=O) groups excluding carboxylic acids is 2. The normalized spacial score (nSPS) is 15.9. The van der Waals surface area contributed by atoms with Gasteiger partial charge in [0.05, 0.1) is 0 Å². The van der Waals surface area contributed by atoms with Gasteiger partial charge in [0.2, 0.25) is 5.91 Å². The molecule has 0 N–H and O–H groups in total. The molecule has 0 aromatic heterocycles. The number of hydrogen-bond donors (Lipinski definition) is 0. The van der Waals surface area contributed by atoms with Gasteiger partial charge >= 0.3 is 0 Å². The number of nitrogens with zero attached hydrogens (tertiary/aromatic N) is 2. The summed E-state index contributed by atoms with van der Waals surface area (Å²) in [5.74, 6) is -0.291. The molecule has 0 saturated carbocycles. The third kappa shape index (κ3) is 3.40. The second-order valence-electron chi connectivity index (χ2n) is 5.76. The fourth-order valence-corrected chi connectivity index (χ4v) is 2.73. The molecule has 5 heteroatoms. The van der Waals surface area contributed by atoms with Crippen molar-refractivity contribution in [3.05, 3.63) is 35.1 Å². The highest BCUT2D eigenvalue weighted by atomic mass is 19.1. The molecule has 0 atom stereocenters. The van der Waals surface area contributed by atoms with Gasteiger partial charge in [-0.05, 0) is 43.5 Å². The molecule has 1 aromatic rings. The van der Waals surface area contributed by atoms with Crippen molar-refractivity contribution in [2.75, 3.05) is 27.2 Å². The first-order valence-corrected chi connectivity index (χ1v) is 7.16. The van der Waals surface area contributed by atoms with E-state index in [1.54, 1.807) is 30.8 Å². The molecule has 21 heavy (non-hydrogen) atoms. The largest absolute Gasteiger partial charge is 0.349 e. The van der Waals surface area contributed by atoms with Gasteiger partial charge < -0.3 is 9.80 Å². The van der Waals surface area contributed by atoms with Crippen molar-refractivity contribution < 1.29 is 14.0 Å². The summed E-state index contributed by atoms with van der Waals surface area (Å²) in [5, 5.41) is 0. The maximum Gasteiger partial charge on any atom is 0.254 e. The molecule has 0 bridgehead atoms. The van der Waals surface area contributed by atoms with E-state index in [0.29, 0.717) is 37.1 Å². The van der Waals surface area contributed by atoms with Gasteiger partial charge in [0.25, 0.3) is 5.91 Å². The van der Waals surface area contributed by atoms with Crippen LogP contribution in [-0.2, 0) is 4.79 Å². The molecule has 114 valence electrons. The Kier molecular flexibility index (Phi) is 4.60. The SMILES string of the molecule is Cc1cc(F)ccc1C(=O)N1CCC(C(=O)N(C)C)CC1. The first-order valence-electron chi connectivity index (χ1n) is 7.16. The lowest BCUT2D eigenvalue weighted by Gasteiger charge is -2.32. The maximum absolute atomic E-state index is 13.1. The summed E-state index contributed by atoms with van der Waals surface area (Å²) >= 11 is 0. The molecule has 1 aliphatic heterocycles. The van der Waals surface area contributed by atoms with Crippen LogP contribution in [0.1, 0.15) is 28.8 Å². The van der Waals surface area contributed by atoms with Crippen molar-refractivity contribution in [1.82, 2.24) is 9.80 Å². The standard InChI is InChI=1S/C16H21FN2O2/c1-11-10-13(17)4-5-14(11)16(21)19-8-6-12(7-9-19)15(20)18(2)3/h4-5,10,12H,6-9H2,1-3H3. The van der Waals surface area contributed by atoms with Crippen LogP contribution in [0.3, 0.4) is 0 Å². The van der Waals surface area contributed by atoms with Crippen LogP contribution in [0.5, 0.6) is 0 Å². The van der Waals surface area contributed by atoms with Crippen LogP contribution < -0.4 is 0 Å². The number of halogens is 1. The second-order valence-corrected chi connectivity index (χ2v) is 5.76. The molecule has 0 aliphatic carbocycles. The first-order chi connectivity index (χ1) is 9.90. The zero-order valence-corrected chi connectivity index (χ0v) is 12.7. The topological polar surface area (TPSA) is 40.6 Å². The van der Waals surface area contributed by atoms with Gasteiger partial charge in [-0.15, -0.1) is 0 Å². The van der Waals surface area contributed by atoms with Gasteiger partial charge in [0.1, 0.15) is 5.82 Å². The summed E-state index contributed by atoms with van der Waals surface area (Å²) in [5.41, 5.74) is 1.18. The van der Waals surface area contributed by atoms with Crippen molar-refractivity contribution >= 4 is 11.8 Å². The zero-order chi connectivity index (χ0) is 15.6. The minimum atomic E-state index is -0.334. The molecule has 1 aliphatic rings. The monoisotopic (exact) mass is 292 g/mol. The summed E-state index contributed by atoms with van der Waals surface area (Å²) in [6.45, 7) is 2.87. The molecule has 1 heterocycles. The number of likely N-dealkylation sites (tertiary alicyclic amines) is 1. The Bertz CT molecular complexity index is 549. The van der Waals surface area contributed by atoms with E-state index in [1.807, 2.05) is 0 Å². The predicted octanol–water partition coefficient (Wildman–Crippen LogP) is 2.07. The molecule has 0 radical (unpaired) electrons. The summed E-state index contributed by atoms with van der Waals surface area (Å²) in [6, 6.07) is 4.21. The Balaban J connectivity index is 2.02. The van der Waals surface area contributed by atoms with Gasteiger partial charge in [0.15, 0.2) is 0 Å². The van der Waals surface area contributed by atoms with Crippen LogP contribution in [-0.4, -0.2) is 48.8 Å². The number of benzene rings is 1. The summed E-state index contributed by atoms with van der Waals surface area (Å²) in [7, 11) is 3.50. The van der Waals surface area contributed by atoms with E-state index in [4.69, 9.17) is 0 Å². The molecule has 1 aromatic carbocycles. The van der Waals surface area contributed by atoms with Crippen molar-refractivity contribution in [2.24, 2.45) is 5.92 Å². The fraction of sp³-hybridized carbons (Fsp3) is 0.500. The lowest BCUT2D eigenvalue weighted by Crippen LogP contribution is -2.42. The Labute approximate surface area is 124 Å². The number of piperidine rings is 1. The number of aryl methyl sites for hydroxylation is 1. The van der Waals surface area contributed by atoms with Crippen LogP contribution in [0.4, 0.5) is 4.39 Å². The van der Waals surface area contributed by atoms with Gasteiger partial charge in [-0.3, -0.25) is 9.59 Å². The van der Waals surface area contributed by atoms with Crippen LogP contribution in [0.25, 0.3) is 0 Å². The van der Waals surface area contributed by atoms with Crippen molar-refractivity contribution in [3.63, 3.8) is 0 Å². The molecule has 4 nitrogen and oxygen atoms in total. The highest BCUT2D eigenvalue weighted by Crippen LogP contribution is 2.21. The summed E-state index contributed by atoms with van der Waals surface area (Å²) in [4.78, 5) is 27.7. The third-order valence-corrected chi connectivity index (χ3v) is 3.99. The number of rotatable bonds is 2. The van der Waals surface area contributed by atoms with E-state index in [-0.39, 0.29) is 23.5 Å². The highest BCUT2D eigenvalue weighted by Gasteiger charge is 2.29. The molecule has 2 amide bonds. The van der Waals surface area contributed by atoms with Crippen LogP contribution >= 0.6 is 0 Å². The smallest absolute Gasteiger partial charge is 0.254 e. The van der Waals surface area contributed by atoms with Crippen LogP contribution in [0.15, 0.2) is 18.2 Å². The first kappa shape index (κ1) is 15.5. The summed E-state index contributed by atoms with van der Waals surface area (Å²) in [6.07, 6.45) is 1.37. The Morgan fingerprint density at radius 2 is 1.86 bits per heavy atom. The highest BCUT2D eigenvalue weighted by molar-refractivity contribution is 5.95. The third-order valence-electron chi connectivity index (χ3n) is 3.99. The van der Waals surface area contributed by atoms with E-state index < -0.39 is 0 Å². The number of amides is 2. The van der Waals surface area contributed by atoms with E-state index >= 15 is 0 Å². The second kappa shape index (κ2) is 6.24. The molecule has 1 saturated heterocycles. The van der Waals surface area contributed by atoms with Gasteiger partial charge in [-0.25, -0.2) is 4.39 Å². The average molecular weight is 292 g/mol. The van der Waals surface area contributed by atoms with E-state index in [0.717, 1.165) is 0 Å². The Morgan fingerprint density at radius 1 is 1.24 bits per heavy atom. The maximum atomic E-state index is 13.1. The molecular weight excluding hydrogens is 271 g/mol. The Morgan fingerprint density at radius 3 is 2.38 bits per heavy atom. The molecular formula is C16H21FN2O2. The van der Waals surface area contributed by atoms with Crippen LogP contribution in [0.2, 0.25) is 0 Å². The minimum Gasteiger partial charge on any atom is -0.349 e. The van der Waals surface area contributed by atoms with Crippen molar-refractivity contribution in [3.8, 4) is 0 Å². The molecule has 2 rings (SSSR count). The van der Waals surface area contributed by atoms with Crippen LogP contribution in [0, 0.1) is 18.7 Å². The van der Waals surface area contributed by atoms with Crippen molar-refractivity contribution in [2.45, 2.75) is 19.8 Å². The lowest BCUT2D eigenvalue weighted by atomic mass is 9.94. The molecule has 1 fully saturated rings. The van der Waals surface area contributed by atoms with Gasteiger partial charge in [-0.1, -0.05) is 0 Å². The summed E-state index contributed by atoms with van der Waals surface area (Å²) < 4.78 is 13.1. The lowest BCUT2D eigenvalue weighted by molar-refractivity contribution is -0.134. The van der Waals surface area contributed by atoms with E-state index in [1.165, 1.54) is 18.2 Å². The molecule has 0 unspecified atom stereocenters.